The third-order valence-electron chi connectivity index (χ3n) is 4.00. The SMILES string of the molecule is O=C(COC(=O)c1ccc(Cl)cc1Cl)Nc1cccc(N2CCCC2=O)c1. The van der Waals surface area contributed by atoms with E-state index in [0.717, 1.165) is 12.1 Å². The summed E-state index contributed by atoms with van der Waals surface area (Å²) in [6.45, 7) is 0.195. The van der Waals surface area contributed by atoms with E-state index in [1.807, 2.05) is 0 Å². The van der Waals surface area contributed by atoms with Gasteiger partial charge in [-0.05, 0) is 42.8 Å². The molecule has 0 spiro atoms. The minimum absolute atomic E-state index is 0.0623. The van der Waals surface area contributed by atoms with E-state index in [-0.39, 0.29) is 16.5 Å². The largest absolute Gasteiger partial charge is 0.452 e. The van der Waals surface area contributed by atoms with Crippen molar-refractivity contribution in [1.29, 1.82) is 0 Å². The van der Waals surface area contributed by atoms with Crippen molar-refractivity contribution in [3.05, 3.63) is 58.1 Å². The van der Waals surface area contributed by atoms with Crippen molar-refractivity contribution in [1.82, 2.24) is 0 Å². The highest BCUT2D eigenvalue weighted by atomic mass is 35.5. The van der Waals surface area contributed by atoms with Crippen molar-refractivity contribution < 1.29 is 19.1 Å². The van der Waals surface area contributed by atoms with Crippen LogP contribution in [-0.4, -0.2) is 30.9 Å². The van der Waals surface area contributed by atoms with E-state index in [9.17, 15) is 14.4 Å². The Morgan fingerprint density at radius 1 is 1.15 bits per heavy atom. The molecular formula is C19H16Cl2N2O4. The average Bonchev–Trinajstić information content (AvgIpc) is 3.06. The predicted octanol–water partition coefficient (Wildman–Crippen LogP) is 3.92. The van der Waals surface area contributed by atoms with Crippen LogP contribution in [-0.2, 0) is 14.3 Å². The number of benzene rings is 2. The van der Waals surface area contributed by atoms with Crippen molar-refractivity contribution >= 4 is 52.4 Å². The van der Waals surface area contributed by atoms with E-state index in [1.165, 1.54) is 18.2 Å². The Labute approximate surface area is 166 Å². The lowest BCUT2D eigenvalue weighted by atomic mass is 10.2. The van der Waals surface area contributed by atoms with Gasteiger partial charge in [-0.25, -0.2) is 4.79 Å². The Bertz CT molecular complexity index is 901. The standard InChI is InChI=1S/C19H16Cl2N2O4/c20-12-6-7-15(16(21)9-12)19(26)27-11-17(24)22-13-3-1-4-14(10-13)23-8-2-5-18(23)25/h1,3-4,6-7,9-10H,2,5,8,11H2,(H,22,24). The number of carbonyl (C=O) groups is 3. The van der Waals surface area contributed by atoms with Crippen LogP contribution in [0.5, 0.6) is 0 Å². The quantitative estimate of drug-likeness (QED) is 0.763. The van der Waals surface area contributed by atoms with Gasteiger partial charge in [0.2, 0.25) is 5.91 Å². The fraction of sp³-hybridized carbons (Fsp3) is 0.211. The molecule has 0 radical (unpaired) electrons. The first-order valence-corrected chi connectivity index (χ1v) is 9.02. The highest BCUT2D eigenvalue weighted by Crippen LogP contribution is 2.24. The molecule has 140 valence electrons. The second-order valence-corrected chi connectivity index (χ2v) is 6.79. The first-order chi connectivity index (χ1) is 12.9. The van der Waals surface area contributed by atoms with Gasteiger partial charge < -0.3 is 15.0 Å². The lowest BCUT2D eigenvalue weighted by molar-refractivity contribution is -0.119. The van der Waals surface area contributed by atoms with Gasteiger partial charge in [0.1, 0.15) is 0 Å². The van der Waals surface area contributed by atoms with Crippen molar-refractivity contribution in [2.75, 3.05) is 23.4 Å². The number of rotatable bonds is 5. The number of nitrogens with zero attached hydrogens (tertiary/aromatic N) is 1. The van der Waals surface area contributed by atoms with Crippen LogP contribution < -0.4 is 10.2 Å². The summed E-state index contributed by atoms with van der Waals surface area (Å²) in [4.78, 5) is 37.6. The molecule has 3 rings (SSSR count). The van der Waals surface area contributed by atoms with Crippen LogP contribution in [0.15, 0.2) is 42.5 Å². The molecule has 6 nitrogen and oxygen atoms in total. The highest BCUT2D eigenvalue weighted by molar-refractivity contribution is 6.36. The van der Waals surface area contributed by atoms with Gasteiger partial charge in [-0.1, -0.05) is 29.3 Å². The van der Waals surface area contributed by atoms with E-state index in [4.69, 9.17) is 27.9 Å². The van der Waals surface area contributed by atoms with Crippen LogP contribution >= 0.6 is 23.2 Å². The van der Waals surface area contributed by atoms with Gasteiger partial charge >= 0.3 is 5.97 Å². The number of carbonyl (C=O) groups excluding carboxylic acids is 3. The zero-order chi connectivity index (χ0) is 19.4. The minimum atomic E-state index is -0.719. The Hall–Kier alpha value is -2.57. The maximum atomic E-state index is 12.1. The van der Waals surface area contributed by atoms with Gasteiger partial charge in [-0.3, -0.25) is 9.59 Å². The molecule has 1 aliphatic heterocycles. The molecule has 2 aromatic rings. The number of hydrogen-bond acceptors (Lipinski definition) is 4. The van der Waals surface area contributed by atoms with Gasteiger partial charge in [0.15, 0.2) is 6.61 Å². The highest BCUT2D eigenvalue weighted by Gasteiger charge is 2.22. The first-order valence-electron chi connectivity index (χ1n) is 8.26. The molecule has 1 aliphatic rings. The smallest absolute Gasteiger partial charge is 0.340 e. The van der Waals surface area contributed by atoms with Gasteiger partial charge in [-0.2, -0.15) is 0 Å². The molecule has 1 saturated heterocycles. The van der Waals surface area contributed by atoms with Gasteiger partial charge in [0.05, 0.1) is 10.6 Å². The number of esters is 1. The number of amides is 2. The summed E-state index contributed by atoms with van der Waals surface area (Å²) in [5.41, 5.74) is 1.36. The summed E-state index contributed by atoms with van der Waals surface area (Å²) in [6.07, 6.45) is 1.35. The van der Waals surface area contributed by atoms with Gasteiger partial charge in [-0.15, -0.1) is 0 Å². The molecule has 27 heavy (non-hydrogen) atoms. The zero-order valence-corrected chi connectivity index (χ0v) is 15.7. The normalized spacial score (nSPS) is 13.6. The van der Waals surface area contributed by atoms with Crippen LogP contribution in [0.2, 0.25) is 10.0 Å². The number of anilines is 2. The molecule has 0 aliphatic carbocycles. The predicted molar refractivity (Wildman–Crippen MR) is 103 cm³/mol. The third-order valence-corrected chi connectivity index (χ3v) is 4.55. The molecule has 8 heteroatoms. The minimum Gasteiger partial charge on any atom is -0.452 e. The molecule has 0 bridgehead atoms. The summed E-state index contributed by atoms with van der Waals surface area (Å²) in [5.74, 6) is -1.16. The first kappa shape index (κ1) is 19.2. The fourth-order valence-corrected chi connectivity index (χ4v) is 3.22. The molecule has 1 heterocycles. The molecule has 0 saturated carbocycles. The van der Waals surface area contributed by atoms with E-state index in [1.54, 1.807) is 29.2 Å². The lowest BCUT2D eigenvalue weighted by Crippen LogP contribution is -2.24. The summed E-state index contributed by atoms with van der Waals surface area (Å²) in [6, 6.07) is 11.3. The summed E-state index contributed by atoms with van der Waals surface area (Å²) >= 11 is 11.7. The second-order valence-electron chi connectivity index (χ2n) is 5.95. The Morgan fingerprint density at radius 3 is 2.67 bits per heavy atom. The van der Waals surface area contributed by atoms with E-state index in [0.29, 0.717) is 23.7 Å². The van der Waals surface area contributed by atoms with Crippen LogP contribution in [0.25, 0.3) is 0 Å². The zero-order valence-electron chi connectivity index (χ0n) is 14.2. The van der Waals surface area contributed by atoms with Crippen LogP contribution in [0.1, 0.15) is 23.2 Å². The second kappa shape index (κ2) is 8.41. The molecule has 1 fully saturated rings. The molecule has 0 unspecified atom stereocenters. The number of hydrogen-bond donors (Lipinski definition) is 1. The van der Waals surface area contributed by atoms with Crippen molar-refractivity contribution in [3.8, 4) is 0 Å². The molecule has 0 atom stereocenters. The van der Waals surface area contributed by atoms with E-state index < -0.39 is 18.5 Å². The number of ether oxygens (including phenoxy) is 1. The Balaban J connectivity index is 1.58. The Morgan fingerprint density at radius 2 is 1.96 bits per heavy atom. The van der Waals surface area contributed by atoms with Crippen LogP contribution in [0, 0.1) is 0 Å². The number of nitrogens with one attached hydrogen (secondary N) is 1. The van der Waals surface area contributed by atoms with Crippen molar-refractivity contribution in [3.63, 3.8) is 0 Å². The van der Waals surface area contributed by atoms with Crippen LogP contribution in [0.3, 0.4) is 0 Å². The summed E-state index contributed by atoms with van der Waals surface area (Å²) < 4.78 is 4.99. The summed E-state index contributed by atoms with van der Waals surface area (Å²) in [5, 5.41) is 3.19. The van der Waals surface area contributed by atoms with Crippen molar-refractivity contribution in [2.24, 2.45) is 0 Å². The van der Waals surface area contributed by atoms with Crippen molar-refractivity contribution in [2.45, 2.75) is 12.8 Å². The third kappa shape index (κ3) is 4.78. The average molecular weight is 407 g/mol. The van der Waals surface area contributed by atoms with E-state index in [2.05, 4.69) is 5.32 Å². The molecule has 2 aromatic carbocycles. The van der Waals surface area contributed by atoms with Gasteiger partial charge in [0, 0.05) is 29.4 Å². The topological polar surface area (TPSA) is 75.7 Å². The molecular weight excluding hydrogens is 391 g/mol. The monoisotopic (exact) mass is 406 g/mol. The fourth-order valence-electron chi connectivity index (χ4n) is 2.73. The molecule has 0 aromatic heterocycles. The van der Waals surface area contributed by atoms with E-state index >= 15 is 0 Å². The number of halogens is 2. The Kier molecular flexibility index (Phi) is 5.98. The van der Waals surface area contributed by atoms with Gasteiger partial charge in [0.25, 0.3) is 5.91 Å². The lowest BCUT2D eigenvalue weighted by Gasteiger charge is -2.16. The van der Waals surface area contributed by atoms with Crippen LogP contribution in [0.4, 0.5) is 11.4 Å². The maximum absolute atomic E-state index is 12.1. The summed E-state index contributed by atoms with van der Waals surface area (Å²) in [7, 11) is 0. The maximum Gasteiger partial charge on any atom is 0.340 e. The molecule has 2 amide bonds. The molecule has 1 N–H and O–H groups in total.